The van der Waals surface area contributed by atoms with E-state index in [2.05, 4.69) is 86.6 Å². The van der Waals surface area contributed by atoms with Gasteiger partial charge >= 0.3 is 0 Å². The molecule has 146 valence electrons. The molecule has 0 heterocycles. The Labute approximate surface area is 171 Å². The third kappa shape index (κ3) is 5.18. The molecule has 3 rings (SSSR count). The molecule has 0 unspecified atom stereocenters. The summed E-state index contributed by atoms with van der Waals surface area (Å²) in [5.41, 5.74) is 2.34. The normalized spacial score (nSPS) is 11.2. The van der Waals surface area contributed by atoms with Crippen molar-refractivity contribution in [3.05, 3.63) is 83.9 Å². The van der Waals surface area contributed by atoms with Crippen LogP contribution in [0.2, 0.25) is 0 Å². The predicted octanol–water partition coefficient (Wildman–Crippen LogP) is 6.20. The SMILES string of the molecule is Cc1cc([S+](c2ccccc2)c2ccccc2)cc(C)c1OCCOC(C)C. The lowest BCUT2D eigenvalue weighted by molar-refractivity contribution is 0.0550. The average molecular weight is 394 g/mol. The number of hydrogen-bond acceptors (Lipinski definition) is 2. The largest absolute Gasteiger partial charge is 0.491 e. The maximum absolute atomic E-state index is 6.04. The summed E-state index contributed by atoms with van der Waals surface area (Å²) < 4.78 is 11.6. The van der Waals surface area contributed by atoms with Gasteiger partial charge in [0.2, 0.25) is 0 Å². The zero-order valence-corrected chi connectivity index (χ0v) is 18.0. The lowest BCUT2D eigenvalue weighted by atomic mass is 10.1. The van der Waals surface area contributed by atoms with Crippen molar-refractivity contribution in [1.29, 1.82) is 0 Å². The van der Waals surface area contributed by atoms with Crippen LogP contribution in [0.3, 0.4) is 0 Å². The number of aryl methyl sites for hydroxylation is 2. The van der Waals surface area contributed by atoms with E-state index in [4.69, 9.17) is 9.47 Å². The summed E-state index contributed by atoms with van der Waals surface area (Å²) in [6.07, 6.45) is 0.229. The zero-order chi connectivity index (χ0) is 19.9. The standard InChI is InChI=1S/C25H29O2S/c1-19(2)26-15-16-27-25-20(3)17-24(18-21(25)4)28(22-11-7-5-8-12-22)23-13-9-6-10-14-23/h5-14,17-19H,15-16H2,1-4H3/q+1. The van der Waals surface area contributed by atoms with E-state index in [0.29, 0.717) is 13.2 Å². The van der Waals surface area contributed by atoms with Crippen LogP contribution in [0.25, 0.3) is 0 Å². The van der Waals surface area contributed by atoms with Crippen molar-refractivity contribution < 1.29 is 9.47 Å². The van der Waals surface area contributed by atoms with Crippen molar-refractivity contribution in [2.24, 2.45) is 0 Å². The van der Waals surface area contributed by atoms with Gasteiger partial charge in [0.1, 0.15) is 12.4 Å². The third-order valence-electron chi connectivity index (χ3n) is 4.41. The predicted molar refractivity (Wildman–Crippen MR) is 118 cm³/mol. The topological polar surface area (TPSA) is 18.5 Å². The quantitative estimate of drug-likeness (QED) is 0.335. The van der Waals surface area contributed by atoms with E-state index in [-0.39, 0.29) is 17.0 Å². The maximum atomic E-state index is 6.04. The van der Waals surface area contributed by atoms with Gasteiger partial charge in [0.05, 0.1) is 23.6 Å². The second-order valence-electron chi connectivity index (χ2n) is 7.09. The molecule has 0 aliphatic rings. The Morgan fingerprint density at radius 1 is 0.714 bits per heavy atom. The average Bonchev–Trinajstić information content (AvgIpc) is 2.68. The fraction of sp³-hybridized carbons (Fsp3) is 0.280. The van der Waals surface area contributed by atoms with Crippen LogP contribution in [-0.2, 0) is 15.6 Å². The summed E-state index contributed by atoms with van der Waals surface area (Å²) in [7, 11) is -0.137. The Kier molecular flexibility index (Phi) is 7.18. The van der Waals surface area contributed by atoms with Gasteiger partial charge in [-0.3, -0.25) is 0 Å². The Bertz CT molecular complexity index is 813. The molecule has 0 bridgehead atoms. The van der Waals surface area contributed by atoms with Crippen molar-refractivity contribution in [2.75, 3.05) is 13.2 Å². The molecule has 0 aliphatic carbocycles. The lowest BCUT2D eigenvalue weighted by Gasteiger charge is -2.15. The molecule has 0 N–H and O–H groups in total. The summed E-state index contributed by atoms with van der Waals surface area (Å²) in [5, 5.41) is 0. The smallest absolute Gasteiger partial charge is 0.167 e. The Morgan fingerprint density at radius 3 is 1.68 bits per heavy atom. The summed E-state index contributed by atoms with van der Waals surface area (Å²) >= 11 is 0. The van der Waals surface area contributed by atoms with Crippen molar-refractivity contribution in [3.63, 3.8) is 0 Å². The fourth-order valence-electron chi connectivity index (χ4n) is 3.21. The Morgan fingerprint density at radius 2 is 1.21 bits per heavy atom. The van der Waals surface area contributed by atoms with Crippen LogP contribution >= 0.6 is 0 Å². The highest BCUT2D eigenvalue weighted by Gasteiger charge is 2.29. The van der Waals surface area contributed by atoms with E-state index in [1.54, 1.807) is 0 Å². The maximum Gasteiger partial charge on any atom is 0.167 e. The van der Waals surface area contributed by atoms with Crippen molar-refractivity contribution in [3.8, 4) is 5.75 Å². The molecule has 0 amide bonds. The minimum absolute atomic E-state index is 0.137. The van der Waals surface area contributed by atoms with Gasteiger partial charge in [0.15, 0.2) is 14.7 Å². The summed E-state index contributed by atoms with van der Waals surface area (Å²) in [6.45, 7) is 9.53. The molecule has 0 radical (unpaired) electrons. The van der Waals surface area contributed by atoms with E-state index < -0.39 is 0 Å². The molecule has 28 heavy (non-hydrogen) atoms. The molecule has 3 heteroatoms. The van der Waals surface area contributed by atoms with Crippen LogP contribution in [-0.4, -0.2) is 19.3 Å². The molecule has 3 aromatic rings. The molecule has 2 nitrogen and oxygen atoms in total. The van der Waals surface area contributed by atoms with Gasteiger partial charge in [0, 0.05) is 12.1 Å². The van der Waals surface area contributed by atoms with Crippen LogP contribution < -0.4 is 4.74 Å². The van der Waals surface area contributed by atoms with Crippen molar-refractivity contribution >= 4 is 10.9 Å². The van der Waals surface area contributed by atoms with Gasteiger partial charge in [0.25, 0.3) is 0 Å². The number of rotatable bonds is 8. The van der Waals surface area contributed by atoms with Gasteiger partial charge in [-0.15, -0.1) is 0 Å². The minimum atomic E-state index is -0.137. The van der Waals surface area contributed by atoms with Crippen molar-refractivity contribution in [2.45, 2.75) is 48.5 Å². The molecule has 0 saturated carbocycles. The van der Waals surface area contributed by atoms with E-state index in [1.807, 2.05) is 13.8 Å². The first-order valence-electron chi connectivity index (χ1n) is 9.76. The summed E-state index contributed by atoms with van der Waals surface area (Å²) in [5.74, 6) is 0.973. The Balaban J connectivity index is 1.91. The molecule has 0 aliphatic heterocycles. The zero-order valence-electron chi connectivity index (χ0n) is 17.1. The first kappa shape index (κ1) is 20.5. The monoisotopic (exact) mass is 393 g/mol. The van der Waals surface area contributed by atoms with Gasteiger partial charge < -0.3 is 9.47 Å². The molecular weight excluding hydrogens is 364 g/mol. The summed E-state index contributed by atoms with van der Waals surface area (Å²) in [6, 6.07) is 26.0. The number of ether oxygens (including phenoxy) is 2. The highest BCUT2D eigenvalue weighted by atomic mass is 32.2. The van der Waals surface area contributed by atoms with Gasteiger partial charge in [-0.2, -0.15) is 0 Å². The first-order chi connectivity index (χ1) is 13.6. The minimum Gasteiger partial charge on any atom is -0.491 e. The Hall–Kier alpha value is -2.23. The number of benzene rings is 3. The van der Waals surface area contributed by atoms with Crippen molar-refractivity contribution in [1.82, 2.24) is 0 Å². The third-order valence-corrected chi connectivity index (χ3v) is 6.60. The summed E-state index contributed by atoms with van der Waals surface area (Å²) in [4.78, 5) is 3.97. The lowest BCUT2D eigenvalue weighted by Crippen LogP contribution is -2.12. The van der Waals surface area contributed by atoms with Gasteiger partial charge in [-0.05, 0) is 63.1 Å². The highest BCUT2D eigenvalue weighted by Crippen LogP contribution is 2.35. The van der Waals surface area contributed by atoms with Crippen LogP contribution in [0, 0.1) is 13.8 Å². The van der Waals surface area contributed by atoms with Crippen LogP contribution in [0.1, 0.15) is 25.0 Å². The van der Waals surface area contributed by atoms with Gasteiger partial charge in [-0.1, -0.05) is 36.4 Å². The molecule has 0 spiro atoms. The molecular formula is C25H29O2S+. The molecule has 0 aromatic heterocycles. The van der Waals surface area contributed by atoms with Crippen LogP contribution in [0.5, 0.6) is 5.75 Å². The second kappa shape index (κ2) is 9.81. The molecule has 3 aromatic carbocycles. The second-order valence-corrected chi connectivity index (χ2v) is 9.11. The van der Waals surface area contributed by atoms with Crippen LogP contribution in [0.4, 0.5) is 0 Å². The van der Waals surface area contributed by atoms with E-state index >= 15 is 0 Å². The molecule has 0 saturated heterocycles. The van der Waals surface area contributed by atoms with E-state index in [9.17, 15) is 0 Å². The van der Waals surface area contributed by atoms with E-state index in [1.165, 1.54) is 25.8 Å². The molecule has 0 atom stereocenters. The van der Waals surface area contributed by atoms with Gasteiger partial charge in [-0.25, -0.2) is 0 Å². The highest BCUT2D eigenvalue weighted by molar-refractivity contribution is 7.97. The van der Waals surface area contributed by atoms with Crippen LogP contribution in [0.15, 0.2) is 87.5 Å². The molecule has 0 fully saturated rings. The first-order valence-corrected chi connectivity index (χ1v) is 11.0. The fourth-order valence-corrected chi connectivity index (χ4v) is 5.47. The number of hydrogen-bond donors (Lipinski definition) is 0. The van der Waals surface area contributed by atoms with E-state index in [0.717, 1.165) is 5.75 Å².